The van der Waals surface area contributed by atoms with Gasteiger partial charge < -0.3 is 10.1 Å². The van der Waals surface area contributed by atoms with Crippen LogP contribution in [-0.2, 0) is 0 Å². The van der Waals surface area contributed by atoms with Gasteiger partial charge in [0.1, 0.15) is 5.75 Å². The summed E-state index contributed by atoms with van der Waals surface area (Å²) in [4.78, 5) is 0. The fraction of sp³-hybridized carbons (Fsp3) is 0.467. The minimum Gasteiger partial charge on any atom is -0.497 e. The number of methoxy groups -OCH3 is 1. The number of allylic oxidation sites excluding steroid dienone is 1. The fourth-order valence-electron chi connectivity index (χ4n) is 1.78. The van der Waals surface area contributed by atoms with Crippen LogP contribution in [-0.4, -0.2) is 13.7 Å². The molecule has 1 rings (SSSR count). The minimum absolute atomic E-state index is 0.222. The Morgan fingerprint density at radius 3 is 2.72 bits per heavy atom. The highest BCUT2D eigenvalue weighted by molar-refractivity contribution is 9.10. The van der Waals surface area contributed by atoms with E-state index in [1.807, 2.05) is 12.1 Å². The second-order valence-corrected chi connectivity index (χ2v) is 5.42. The first-order valence-electron chi connectivity index (χ1n) is 6.30. The average molecular weight is 312 g/mol. The Morgan fingerprint density at radius 1 is 1.44 bits per heavy atom. The van der Waals surface area contributed by atoms with E-state index in [-0.39, 0.29) is 6.04 Å². The van der Waals surface area contributed by atoms with Crippen molar-refractivity contribution >= 4 is 15.9 Å². The smallest absolute Gasteiger partial charge is 0.119 e. The van der Waals surface area contributed by atoms with Crippen LogP contribution in [0.25, 0.3) is 0 Å². The number of hydrogen-bond donors (Lipinski definition) is 1. The molecular weight excluding hydrogens is 290 g/mol. The Balaban J connectivity index is 3.06. The number of benzene rings is 1. The Kier molecular flexibility index (Phi) is 6.44. The van der Waals surface area contributed by atoms with Gasteiger partial charge in [-0.25, -0.2) is 0 Å². The molecule has 3 heteroatoms. The molecule has 0 aliphatic rings. The lowest BCUT2D eigenvalue weighted by atomic mass is 10.0. The van der Waals surface area contributed by atoms with Crippen molar-refractivity contribution in [1.29, 1.82) is 0 Å². The number of ether oxygens (including phenoxy) is 1. The van der Waals surface area contributed by atoms with E-state index in [2.05, 4.69) is 54.2 Å². The molecule has 0 bridgehead atoms. The van der Waals surface area contributed by atoms with Crippen LogP contribution in [0.2, 0.25) is 0 Å². The van der Waals surface area contributed by atoms with E-state index in [4.69, 9.17) is 4.74 Å². The molecule has 100 valence electrons. The van der Waals surface area contributed by atoms with Gasteiger partial charge in [-0.15, -0.1) is 0 Å². The average Bonchev–Trinajstić information content (AvgIpc) is 2.35. The molecule has 1 aromatic carbocycles. The molecule has 2 nitrogen and oxygen atoms in total. The predicted molar refractivity (Wildman–Crippen MR) is 81.2 cm³/mol. The molecule has 1 atom stereocenters. The van der Waals surface area contributed by atoms with Crippen LogP contribution in [0, 0.1) is 0 Å². The normalized spacial score (nSPS) is 12.1. The van der Waals surface area contributed by atoms with E-state index in [1.54, 1.807) is 7.11 Å². The van der Waals surface area contributed by atoms with E-state index in [0.29, 0.717) is 0 Å². The highest BCUT2D eigenvalue weighted by Crippen LogP contribution is 2.29. The maximum atomic E-state index is 5.30. The number of nitrogens with one attached hydrogen (secondary N) is 1. The van der Waals surface area contributed by atoms with Gasteiger partial charge in [0.15, 0.2) is 0 Å². The molecular formula is C15H22BrNO. The van der Waals surface area contributed by atoms with Crippen molar-refractivity contribution in [2.24, 2.45) is 0 Å². The van der Waals surface area contributed by atoms with E-state index in [9.17, 15) is 0 Å². The first kappa shape index (κ1) is 15.3. The maximum absolute atomic E-state index is 5.30. The lowest BCUT2D eigenvalue weighted by Gasteiger charge is -2.18. The summed E-state index contributed by atoms with van der Waals surface area (Å²) in [5.41, 5.74) is 2.52. The summed E-state index contributed by atoms with van der Waals surface area (Å²) in [5, 5.41) is 3.55. The van der Waals surface area contributed by atoms with E-state index >= 15 is 0 Å². The Morgan fingerprint density at radius 2 is 2.17 bits per heavy atom. The van der Waals surface area contributed by atoms with E-state index < -0.39 is 0 Å². The van der Waals surface area contributed by atoms with Crippen molar-refractivity contribution < 1.29 is 4.74 Å². The van der Waals surface area contributed by atoms with E-state index in [1.165, 1.54) is 11.1 Å². The topological polar surface area (TPSA) is 21.3 Å². The van der Waals surface area contributed by atoms with Crippen LogP contribution >= 0.6 is 15.9 Å². The molecule has 0 aliphatic carbocycles. The van der Waals surface area contributed by atoms with Gasteiger partial charge in [-0.1, -0.05) is 34.5 Å². The van der Waals surface area contributed by atoms with Gasteiger partial charge in [-0.2, -0.15) is 0 Å². The largest absolute Gasteiger partial charge is 0.497 e. The Hall–Kier alpha value is -0.800. The van der Waals surface area contributed by atoms with Crippen molar-refractivity contribution in [3.8, 4) is 5.75 Å². The molecule has 1 aromatic rings. The quantitative estimate of drug-likeness (QED) is 0.783. The molecule has 18 heavy (non-hydrogen) atoms. The highest BCUT2D eigenvalue weighted by atomic mass is 79.9. The molecule has 0 aliphatic heterocycles. The van der Waals surface area contributed by atoms with Gasteiger partial charge in [0.05, 0.1) is 13.2 Å². The SMILES string of the molecule is CCCNC(C=C(C)C)c1cc(OC)ccc1Br. The molecule has 0 spiro atoms. The van der Waals surface area contributed by atoms with Gasteiger partial charge in [-0.05, 0) is 50.6 Å². The van der Waals surface area contributed by atoms with Gasteiger partial charge in [0.25, 0.3) is 0 Å². The number of halogens is 1. The molecule has 1 N–H and O–H groups in total. The molecule has 1 unspecified atom stereocenters. The zero-order valence-electron chi connectivity index (χ0n) is 11.6. The summed E-state index contributed by atoms with van der Waals surface area (Å²) in [7, 11) is 1.70. The van der Waals surface area contributed by atoms with E-state index in [0.717, 1.165) is 23.2 Å². The third kappa shape index (κ3) is 4.46. The van der Waals surface area contributed by atoms with Gasteiger partial charge >= 0.3 is 0 Å². The lowest BCUT2D eigenvalue weighted by molar-refractivity contribution is 0.413. The zero-order chi connectivity index (χ0) is 13.5. The standard InChI is InChI=1S/C15H22BrNO/c1-5-8-17-15(9-11(2)3)13-10-12(18-4)6-7-14(13)16/h6-7,9-10,15,17H,5,8H2,1-4H3. The summed E-state index contributed by atoms with van der Waals surface area (Å²) < 4.78 is 6.41. The van der Waals surface area contributed by atoms with Crippen molar-refractivity contribution in [2.75, 3.05) is 13.7 Å². The highest BCUT2D eigenvalue weighted by Gasteiger charge is 2.12. The van der Waals surface area contributed by atoms with Crippen LogP contribution in [0.3, 0.4) is 0 Å². The Labute approximate surface area is 119 Å². The van der Waals surface area contributed by atoms with Gasteiger partial charge in [0, 0.05) is 4.47 Å². The summed E-state index contributed by atoms with van der Waals surface area (Å²) in [6, 6.07) is 6.30. The minimum atomic E-state index is 0.222. The fourth-order valence-corrected chi connectivity index (χ4v) is 2.27. The number of rotatable bonds is 6. The third-order valence-corrected chi connectivity index (χ3v) is 3.37. The van der Waals surface area contributed by atoms with Gasteiger partial charge in [-0.3, -0.25) is 0 Å². The van der Waals surface area contributed by atoms with Crippen molar-refractivity contribution in [3.63, 3.8) is 0 Å². The molecule has 0 amide bonds. The predicted octanol–water partition coefficient (Wildman–Crippen LogP) is 4.46. The summed E-state index contributed by atoms with van der Waals surface area (Å²) in [6.45, 7) is 7.41. The van der Waals surface area contributed by atoms with Crippen LogP contribution < -0.4 is 10.1 Å². The van der Waals surface area contributed by atoms with Crippen molar-refractivity contribution in [3.05, 3.63) is 39.9 Å². The van der Waals surface area contributed by atoms with Crippen LogP contribution in [0.5, 0.6) is 5.75 Å². The van der Waals surface area contributed by atoms with Crippen molar-refractivity contribution in [1.82, 2.24) is 5.32 Å². The third-order valence-electron chi connectivity index (χ3n) is 2.65. The second kappa shape index (κ2) is 7.59. The maximum Gasteiger partial charge on any atom is 0.119 e. The van der Waals surface area contributed by atoms with Crippen LogP contribution in [0.4, 0.5) is 0 Å². The molecule has 0 saturated heterocycles. The van der Waals surface area contributed by atoms with Crippen LogP contribution in [0.15, 0.2) is 34.3 Å². The Bertz CT molecular complexity index is 411. The first-order chi connectivity index (χ1) is 8.58. The summed E-state index contributed by atoms with van der Waals surface area (Å²) in [6.07, 6.45) is 3.36. The van der Waals surface area contributed by atoms with Crippen LogP contribution in [0.1, 0.15) is 38.8 Å². The first-order valence-corrected chi connectivity index (χ1v) is 7.09. The zero-order valence-corrected chi connectivity index (χ0v) is 13.2. The monoisotopic (exact) mass is 311 g/mol. The van der Waals surface area contributed by atoms with Gasteiger partial charge in [0.2, 0.25) is 0 Å². The number of hydrogen-bond acceptors (Lipinski definition) is 2. The summed E-state index contributed by atoms with van der Waals surface area (Å²) >= 11 is 3.62. The lowest BCUT2D eigenvalue weighted by Crippen LogP contribution is -2.21. The molecule has 0 radical (unpaired) electrons. The molecule has 0 saturated carbocycles. The molecule has 0 heterocycles. The molecule has 0 aromatic heterocycles. The summed E-state index contributed by atoms with van der Waals surface area (Å²) in [5.74, 6) is 0.888. The second-order valence-electron chi connectivity index (χ2n) is 4.56. The molecule has 0 fully saturated rings. The van der Waals surface area contributed by atoms with Crippen molar-refractivity contribution in [2.45, 2.75) is 33.2 Å².